The van der Waals surface area contributed by atoms with Crippen LogP contribution in [0.1, 0.15) is 19.3 Å². The van der Waals surface area contributed by atoms with Crippen LogP contribution in [0.15, 0.2) is 28.8 Å². The molecule has 14 heavy (non-hydrogen) atoms. The summed E-state index contributed by atoms with van der Waals surface area (Å²) in [4.78, 5) is 14.8. The third-order valence-corrected chi connectivity index (χ3v) is 2.71. The highest BCUT2D eigenvalue weighted by Crippen LogP contribution is 2.30. The molecular weight excluding hydrogens is 178 g/mol. The zero-order valence-corrected chi connectivity index (χ0v) is 7.89. The van der Waals surface area contributed by atoms with Crippen molar-refractivity contribution < 1.29 is 9.90 Å². The SMILES string of the molecule is O=C(O)CCC1C=NC2CC=CC=C12. The molecule has 0 aromatic carbocycles. The van der Waals surface area contributed by atoms with Crippen molar-refractivity contribution in [1.29, 1.82) is 0 Å². The summed E-state index contributed by atoms with van der Waals surface area (Å²) in [7, 11) is 0. The molecule has 0 bridgehead atoms. The molecular formula is C11H13NO2. The van der Waals surface area contributed by atoms with Gasteiger partial charge in [-0.3, -0.25) is 9.79 Å². The lowest BCUT2D eigenvalue weighted by Gasteiger charge is -2.15. The molecule has 2 atom stereocenters. The lowest BCUT2D eigenvalue weighted by Crippen LogP contribution is -2.12. The van der Waals surface area contributed by atoms with Gasteiger partial charge in [-0.2, -0.15) is 0 Å². The normalized spacial score (nSPS) is 28.7. The molecule has 1 heterocycles. The van der Waals surface area contributed by atoms with Crippen LogP contribution < -0.4 is 0 Å². The number of carbonyl (C=O) groups is 1. The Hall–Kier alpha value is -1.38. The fourth-order valence-corrected chi connectivity index (χ4v) is 1.97. The standard InChI is InChI=1S/C11H13NO2/c13-11(14)6-5-8-7-12-10-4-2-1-3-9(8)10/h1-3,7-8,10H,4-6H2,(H,13,14). The smallest absolute Gasteiger partial charge is 0.303 e. The molecule has 0 saturated heterocycles. The maximum absolute atomic E-state index is 10.4. The van der Waals surface area contributed by atoms with Gasteiger partial charge in [-0.1, -0.05) is 18.2 Å². The lowest BCUT2D eigenvalue weighted by atomic mass is 9.89. The molecule has 0 aromatic rings. The van der Waals surface area contributed by atoms with Crippen LogP contribution in [0.3, 0.4) is 0 Å². The van der Waals surface area contributed by atoms with Crippen molar-refractivity contribution in [3.05, 3.63) is 23.8 Å². The maximum Gasteiger partial charge on any atom is 0.303 e. The van der Waals surface area contributed by atoms with Crippen LogP contribution in [-0.4, -0.2) is 23.3 Å². The summed E-state index contributed by atoms with van der Waals surface area (Å²) >= 11 is 0. The predicted molar refractivity (Wildman–Crippen MR) is 54.5 cm³/mol. The van der Waals surface area contributed by atoms with Crippen LogP contribution in [0.25, 0.3) is 0 Å². The minimum Gasteiger partial charge on any atom is -0.481 e. The second-order valence-corrected chi connectivity index (χ2v) is 3.68. The number of allylic oxidation sites excluding steroid dienone is 2. The molecule has 0 aromatic heterocycles. The van der Waals surface area contributed by atoms with Gasteiger partial charge in [0.25, 0.3) is 0 Å². The lowest BCUT2D eigenvalue weighted by molar-refractivity contribution is -0.137. The molecule has 1 N–H and O–H groups in total. The number of aliphatic imine (C=N–C) groups is 1. The summed E-state index contributed by atoms with van der Waals surface area (Å²) < 4.78 is 0. The van der Waals surface area contributed by atoms with Crippen LogP contribution in [0.2, 0.25) is 0 Å². The fraction of sp³-hybridized carbons (Fsp3) is 0.455. The molecule has 74 valence electrons. The van der Waals surface area contributed by atoms with Gasteiger partial charge in [-0.25, -0.2) is 0 Å². The summed E-state index contributed by atoms with van der Waals surface area (Å²) in [6.45, 7) is 0. The Morgan fingerprint density at radius 3 is 3.29 bits per heavy atom. The molecule has 3 nitrogen and oxygen atoms in total. The number of fused-ring (bicyclic) bond motifs is 1. The number of hydrogen-bond acceptors (Lipinski definition) is 2. The Morgan fingerprint density at radius 2 is 2.50 bits per heavy atom. The zero-order chi connectivity index (χ0) is 9.97. The van der Waals surface area contributed by atoms with Crippen molar-refractivity contribution in [3.63, 3.8) is 0 Å². The molecule has 0 radical (unpaired) electrons. The van der Waals surface area contributed by atoms with Crippen LogP contribution >= 0.6 is 0 Å². The molecule has 0 amide bonds. The van der Waals surface area contributed by atoms with Gasteiger partial charge in [0, 0.05) is 18.6 Å². The van der Waals surface area contributed by atoms with Crippen molar-refractivity contribution in [1.82, 2.24) is 0 Å². The second-order valence-electron chi connectivity index (χ2n) is 3.68. The number of hydrogen-bond donors (Lipinski definition) is 1. The van der Waals surface area contributed by atoms with Gasteiger partial charge < -0.3 is 5.11 Å². The van der Waals surface area contributed by atoms with Gasteiger partial charge in [0.15, 0.2) is 0 Å². The molecule has 2 rings (SSSR count). The van der Waals surface area contributed by atoms with Crippen molar-refractivity contribution >= 4 is 12.2 Å². The number of carboxylic acid groups (broad SMARTS) is 1. The monoisotopic (exact) mass is 191 g/mol. The molecule has 2 unspecified atom stereocenters. The van der Waals surface area contributed by atoms with Gasteiger partial charge in [0.1, 0.15) is 0 Å². The summed E-state index contributed by atoms with van der Waals surface area (Å²) in [5.74, 6) is -0.477. The van der Waals surface area contributed by atoms with Gasteiger partial charge >= 0.3 is 5.97 Å². The first kappa shape index (κ1) is 9.19. The van der Waals surface area contributed by atoms with Gasteiger partial charge in [0.2, 0.25) is 0 Å². The van der Waals surface area contributed by atoms with E-state index in [2.05, 4.69) is 17.1 Å². The van der Waals surface area contributed by atoms with Crippen molar-refractivity contribution in [3.8, 4) is 0 Å². The van der Waals surface area contributed by atoms with Crippen LogP contribution in [0.5, 0.6) is 0 Å². The summed E-state index contributed by atoms with van der Waals surface area (Å²) in [5, 5.41) is 8.59. The molecule has 0 fully saturated rings. The first-order chi connectivity index (χ1) is 6.77. The zero-order valence-electron chi connectivity index (χ0n) is 7.89. The van der Waals surface area contributed by atoms with E-state index < -0.39 is 5.97 Å². The first-order valence-corrected chi connectivity index (χ1v) is 4.89. The van der Waals surface area contributed by atoms with Gasteiger partial charge in [-0.05, 0) is 18.4 Å². The Kier molecular flexibility index (Phi) is 2.48. The third-order valence-electron chi connectivity index (χ3n) is 2.71. The van der Waals surface area contributed by atoms with Crippen molar-refractivity contribution in [2.75, 3.05) is 0 Å². The van der Waals surface area contributed by atoms with E-state index in [1.165, 1.54) is 5.57 Å². The Labute approximate surface area is 82.8 Å². The van der Waals surface area contributed by atoms with E-state index in [0.717, 1.165) is 6.42 Å². The largest absolute Gasteiger partial charge is 0.481 e. The highest BCUT2D eigenvalue weighted by Gasteiger charge is 2.26. The molecule has 1 aliphatic heterocycles. The highest BCUT2D eigenvalue weighted by molar-refractivity contribution is 5.73. The number of carboxylic acids is 1. The van der Waals surface area contributed by atoms with E-state index in [4.69, 9.17) is 5.11 Å². The molecule has 3 heteroatoms. The molecule has 0 saturated carbocycles. The Morgan fingerprint density at radius 1 is 1.64 bits per heavy atom. The van der Waals surface area contributed by atoms with Crippen LogP contribution in [-0.2, 0) is 4.79 Å². The van der Waals surface area contributed by atoms with Crippen LogP contribution in [0, 0.1) is 5.92 Å². The minimum atomic E-state index is -0.728. The summed E-state index contributed by atoms with van der Waals surface area (Å²) in [6.07, 6.45) is 9.99. The molecule has 2 aliphatic rings. The average molecular weight is 191 g/mol. The minimum absolute atomic E-state index is 0.227. The quantitative estimate of drug-likeness (QED) is 0.739. The van der Waals surface area contributed by atoms with E-state index in [9.17, 15) is 4.79 Å². The first-order valence-electron chi connectivity index (χ1n) is 4.89. The fourth-order valence-electron chi connectivity index (χ4n) is 1.97. The third kappa shape index (κ3) is 1.76. The van der Waals surface area contributed by atoms with E-state index >= 15 is 0 Å². The number of rotatable bonds is 3. The van der Waals surface area contributed by atoms with E-state index in [1.54, 1.807) is 0 Å². The number of aliphatic carboxylic acids is 1. The summed E-state index contributed by atoms with van der Waals surface area (Å²) in [5.41, 5.74) is 1.29. The number of nitrogens with zero attached hydrogens (tertiary/aromatic N) is 1. The average Bonchev–Trinajstić information content (AvgIpc) is 2.58. The van der Waals surface area contributed by atoms with Crippen molar-refractivity contribution in [2.24, 2.45) is 10.9 Å². The van der Waals surface area contributed by atoms with E-state index in [-0.39, 0.29) is 12.3 Å². The Balaban J connectivity index is 2.00. The molecule has 1 aliphatic carbocycles. The van der Waals surface area contributed by atoms with Gasteiger partial charge in [-0.15, -0.1) is 0 Å². The van der Waals surface area contributed by atoms with Crippen molar-refractivity contribution in [2.45, 2.75) is 25.3 Å². The topological polar surface area (TPSA) is 49.7 Å². The second kappa shape index (κ2) is 3.78. The van der Waals surface area contributed by atoms with E-state index in [1.807, 2.05) is 12.3 Å². The predicted octanol–water partition coefficient (Wildman–Crippen LogP) is 1.81. The molecule has 0 spiro atoms. The van der Waals surface area contributed by atoms with E-state index in [0.29, 0.717) is 12.5 Å². The summed E-state index contributed by atoms with van der Waals surface area (Å²) in [6, 6.07) is 0.291. The maximum atomic E-state index is 10.4. The Bertz CT molecular complexity index is 328. The van der Waals surface area contributed by atoms with Crippen LogP contribution in [0.4, 0.5) is 0 Å². The van der Waals surface area contributed by atoms with Gasteiger partial charge in [0.05, 0.1) is 6.04 Å². The highest BCUT2D eigenvalue weighted by atomic mass is 16.4.